The van der Waals surface area contributed by atoms with Crippen LogP contribution < -0.4 is 0 Å². The van der Waals surface area contributed by atoms with Gasteiger partial charge in [-0.25, -0.2) is 4.79 Å². The molecule has 1 aromatic rings. The van der Waals surface area contributed by atoms with Crippen LogP contribution in [0.5, 0.6) is 0 Å². The Morgan fingerprint density at radius 1 is 0.895 bits per heavy atom. The van der Waals surface area contributed by atoms with E-state index < -0.39 is 5.97 Å². The largest absolute Gasteiger partial charge is 0.478 e. The highest BCUT2D eigenvalue weighted by atomic mass is 16.4. The van der Waals surface area contributed by atoms with E-state index in [2.05, 4.69) is 0 Å². The lowest BCUT2D eigenvalue weighted by Crippen LogP contribution is -2.32. The number of benzene rings is 1. The SMILES string of the molecule is O=C(O)c1ccccc1.OCCN(CCO)CCO. The number of carboxylic acid groups (broad SMARTS) is 1. The zero-order valence-electron chi connectivity index (χ0n) is 10.8. The standard InChI is InChI=1S/C7H6O2.C6H15NO3/c8-7(9)6-4-2-1-3-5-6;8-4-1-7(2-5-9)3-6-10/h1-5H,(H,8,9);8-10H,1-6H2. The average Bonchev–Trinajstić information content (AvgIpc) is 2.41. The van der Waals surface area contributed by atoms with Gasteiger partial charge in [0.1, 0.15) is 0 Å². The summed E-state index contributed by atoms with van der Waals surface area (Å²) in [6.45, 7) is 1.75. The minimum atomic E-state index is -0.879. The third-order valence-corrected chi connectivity index (χ3v) is 2.27. The summed E-state index contributed by atoms with van der Waals surface area (Å²) in [6.07, 6.45) is 0. The monoisotopic (exact) mass is 271 g/mol. The summed E-state index contributed by atoms with van der Waals surface area (Å²) in [7, 11) is 0. The van der Waals surface area contributed by atoms with E-state index >= 15 is 0 Å². The Morgan fingerprint density at radius 2 is 1.32 bits per heavy atom. The predicted molar refractivity (Wildman–Crippen MR) is 71.1 cm³/mol. The quantitative estimate of drug-likeness (QED) is 0.541. The van der Waals surface area contributed by atoms with Crippen LogP contribution in [-0.4, -0.2) is 70.8 Å². The molecule has 1 rings (SSSR count). The molecule has 19 heavy (non-hydrogen) atoms. The van der Waals surface area contributed by atoms with Crippen LogP contribution in [0.2, 0.25) is 0 Å². The van der Waals surface area contributed by atoms with Gasteiger partial charge >= 0.3 is 5.97 Å². The minimum absolute atomic E-state index is 0.0694. The smallest absolute Gasteiger partial charge is 0.335 e. The number of nitrogens with zero attached hydrogens (tertiary/aromatic N) is 1. The number of rotatable bonds is 7. The molecule has 6 nitrogen and oxygen atoms in total. The van der Waals surface area contributed by atoms with Crippen LogP contribution in [0.15, 0.2) is 30.3 Å². The summed E-state index contributed by atoms with van der Waals surface area (Å²) in [6, 6.07) is 8.30. The van der Waals surface area contributed by atoms with Crippen molar-refractivity contribution in [3.05, 3.63) is 35.9 Å². The summed E-state index contributed by atoms with van der Waals surface area (Å²) < 4.78 is 0. The van der Waals surface area contributed by atoms with Crippen molar-refractivity contribution >= 4 is 5.97 Å². The average molecular weight is 271 g/mol. The summed E-state index contributed by atoms with van der Waals surface area (Å²) in [4.78, 5) is 12.0. The summed E-state index contributed by atoms with van der Waals surface area (Å²) in [5.74, 6) is -0.879. The molecule has 0 aliphatic heterocycles. The fourth-order valence-electron chi connectivity index (χ4n) is 1.34. The fraction of sp³-hybridized carbons (Fsp3) is 0.462. The molecule has 1 aromatic carbocycles. The normalized spacial score (nSPS) is 9.89. The molecule has 0 spiro atoms. The molecule has 0 saturated carbocycles. The van der Waals surface area contributed by atoms with E-state index in [1.807, 2.05) is 0 Å². The van der Waals surface area contributed by atoms with Gasteiger partial charge in [0, 0.05) is 19.6 Å². The molecule has 0 bridgehead atoms. The van der Waals surface area contributed by atoms with E-state index in [1.165, 1.54) is 0 Å². The zero-order valence-corrected chi connectivity index (χ0v) is 10.8. The molecule has 0 radical (unpaired) electrons. The number of aromatic carboxylic acids is 1. The van der Waals surface area contributed by atoms with Gasteiger partial charge in [0.15, 0.2) is 0 Å². The second-order valence-electron chi connectivity index (χ2n) is 3.68. The molecule has 4 N–H and O–H groups in total. The van der Waals surface area contributed by atoms with Crippen LogP contribution in [0.25, 0.3) is 0 Å². The Bertz CT molecular complexity index is 317. The van der Waals surface area contributed by atoms with Crippen molar-refractivity contribution in [2.45, 2.75) is 0 Å². The molecule has 108 valence electrons. The number of aliphatic hydroxyl groups is 3. The molecule has 0 amide bonds. The van der Waals surface area contributed by atoms with Crippen LogP contribution in [0.1, 0.15) is 10.4 Å². The van der Waals surface area contributed by atoms with Crippen molar-refractivity contribution in [1.29, 1.82) is 0 Å². The third-order valence-electron chi connectivity index (χ3n) is 2.27. The van der Waals surface area contributed by atoms with Crippen LogP contribution >= 0.6 is 0 Å². The van der Waals surface area contributed by atoms with Crippen LogP contribution in [0.4, 0.5) is 0 Å². The van der Waals surface area contributed by atoms with Crippen LogP contribution in [-0.2, 0) is 0 Å². The van der Waals surface area contributed by atoms with Gasteiger partial charge in [-0.1, -0.05) is 18.2 Å². The van der Waals surface area contributed by atoms with Crippen molar-refractivity contribution in [3.8, 4) is 0 Å². The Hall–Kier alpha value is -1.47. The highest BCUT2D eigenvalue weighted by Gasteiger charge is 2.00. The van der Waals surface area contributed by atoms with E-state index in [4.69, 9.17) is 20.4 Å². The fourth-order valence-corrected chi connectivity index (χ4v) is 1.34. The lowest BCUT2D eigenvalue weighted by Gasteiger charge is -2.17. The van der Waals surface area contributed by atoms with Gasteiger partial charge < -0.3 is 20.4 Å². The topological polar surface area (TPSA) is 101 Å². The third kappa shape index (κ3) is 9.15. The van der Waals surface area contributed by atoms with Crippen LogP contribution in [0, 0.1) is 0 Å². The molecule has 0 aromatic heterocycles. The Balaban J connectivity index is 0.000000342. The summed E-state index contributed by atoms with van der Waals surface area (Å²) in [5.41, 5.74) is 0.331. The lowest BCUT2D eigenvalue weighted by molar-refractivity contribution is 0.0697. The molecular weight excluding hydrogens is 250 g/mol. The highest BCUT2D eigenvalue weighted by molar-refractivity contribution is 5.87. The van der Waals surface area contributed by atoms with Crippen molar-refractivity contribution in [2.75, 3.05) is 39.5 Å². The molecular formula is C13H21NO5. The first-order valence-corrected chi connectivity index (χ1v) is 5.99. The Kier molecular flexibility index (Phi) is 10.7. The molecule has 0 fully saturated rings. The van der Waals surface area contributed by atoms with E-state index in [0.29, 0.717) is 25.2 Å². The number of aliphatic hydroxyl groups excluding tert-OH is 3. The molecule has 6 heteroatoms. The highest BCUT2D eigenvalue weighted by Crippen LogP contribution is 1.96. The van der Waals surface area contributed by atoms with Gasteiger partial charge in [0.05, 0.1) is 25.4 Å². The molecule has 0 unspecified atom stereocenters. The number of hydrogen-bond donors (Lipinski definition) is 4. The second-order valence-corrected chi connectivity index (χ2v) is 3.68. The van der Waals surface area contributed by atoms with Gasteiger partial charge in [-0.15, -0.1) is 0 Å². The molecule has 0 aliphatic rings. The van der Waals surface area contributed by atoms with E-state index in [1.54, 1.807) is 35.2 Å². The summed E-state index contributed by atoms with van der Waals surface area (Å²) in [5, 5.41) is 33.8. The van der Waals surface area contributed by atoms with Crippen molar-refractivity contribution in [1.82, 2.24) is 4.90 Å². The number of carboxylic acids is 1. The molecule has 0 saturated heterocycles. The summed E-state index contributed by atoms with van der Waals surface area (Å²) >= 11 is 0. The lowest BCUT2D eigenvalue weighted by atomic mass is 10.2. The maximum atomic E-state index is 10.2. The van der Waals surface area contributed by atoms with Crippen molar-refractivity contribution in [2.24, 2.45) is 0 Å². The maximum Gasteiger partial charge on any atom is 0.335 e. The van der Waals surface area contributed by atoms with Crippen molar-refractivity contribution < 1.29 is 25.2 Å². The number of carbonyl (C=O) groups is 1. The van der Waals surface area contributed by atoms with E-state index in [9.17, 15) is 4.79 Å². The Morgan fingerprint density at radius 3 is 1.58 bits per heavy atom. The minimum Gasteiger partial charge on any atom is -0.478 e. The first-order valence-electron chi connectivity index (χ1n) is 5.99. The van der Waals surface area contributed by atoms with Gasteiger partial charge in [-0.05, 0) is 12.1 Å². The number of hydrogen-bond acceptors (Lipinski definition) is 5. The van der Waals surface area contributed by atoms with E-state index in [0.717, 1.165) is 0 Å². The first-order chi connectivity index (χ1) is 9.15. The first kappa shape index (κ1) is 17.5. The van der Waals surface area contributed by atoms with Gasteiger partial charge in [-0.3, -0.25) is 4.90 Å². The molecule has 0 atom stereocenters. The Labute approximate surface area is 112 Å². The van der Waals surface area contributed by atoms with Gasteiger partial charge in [0.2, 0.25) is 0 Å². The van der Waals surface area contributed by atoms with Gasteiger partial charge in [-0.2, -0.15) is 0 Å². The van der Waals surface area contributed by atoms with E-state index in [-0.39, 0.29) is 19.8 Å². The zero-order chi connectivity index (χ0) is 14.5. The second kappa shape index (κ2) is 11.6. The molecule has 0 heterocycles. The predicted octanol–water partition coefficient (Wildman–Crippen LogP) is -0.350. The van der Waals surface area contributed by atoms with Gasteiger partial charge in [0.25, 0.3) is 0 Å². The molecule has 0 aliphatic carbocycles. The van der Waals surface area contributed by atoms with Crippen LogP contribution in [0.3, 0.4) is 0 Å². The maximum absolute atomic E-state index is 10.2. The van der Waals surface area contributed by atoms with Crippen molar-refractivity contribution in [3.63, 3.8) is 0 Å².